The van der Waals surface area contributed by atoms with Gasteiger partial charge in [-0.05, 0) is 25.5 Å². The largest absolute Gasteiger partial charge is 0.486 e. The van der Waals surface area contributed by atoms with Gasteiger partial charge in [-0.15, -0.1) is 0 Å². The summed E-state index contributed by atoms with van der Waals surface area (Å²) in [7, 11) is 0. The lowest BCUT2D eigenvalue weighted by Crippen LogP contribution is -2.39. The number of hydrogen-bond acceptors (Lipinski definition) is 2. The van der Waals surface area contributed by atoms with Crippen molar-refractivity contribution >= 4 is 5.78 Å². The van der Waals surface area contributed by atoms with Crippen molar-refractivity contribution in [1.82, 2.24) is 0 Å². The molecule has 0 amide bonds. The molecule has 2 rings (SSSR count). The maximum Gasteiger partial charge on any atom is 0.170 e. The van der Waals surface area contributed by atoms with Gasteiger partial charge in [-0.25, -0.2) is 4.39 Å². The van der Waals surface area contributed by atoms with Crippen molar-refractivity contribution < 1.29 is 13.9 Å². The minimum absolute atomic E-state index is 0.0391. The predicted molar refractivity (Wildman–Crippen MR) is 59.3 cm³/mol. The lowest BCUT2D eigenvalue weighted by Gasteiger charge is -2.34. The SMILES string of the molecule is CCCC1(C)CC(=O)c2ccc(F)cc2O1. The third-order valence-corrected chi connectivity index (χ3v) is 2.91. The van der Waals surface area contributed by atoms with Crippen LogP contribution in [0.2, 0.25) is 0 Å². The number of fused-ring (bicyclic) bond motifs is 1. The zero-order valence-electron chi connectivity index (χ0n) is 9.55. The van der Waals surface area contributed by atoms with E-state index in [0.717, 1.165) is 12.8 Å². The molecule has 1 aliphatic heterocycles. The van der Waals surface area contributed by atoms with Crippen LogP contribution in [0, 0.1) is 5.82 Å². The third kappa shape index (κ3) is 1.94. The first-order valence-corrected chi connectivity index (χ1v) is 5.56. The molecule has 0 saturated carbocycles. The van der Waals surface area contributed by atoms with Gasteiger partial charge in [-0.3, -0.25) is 4.79 Å². The van der Waals surface area contributed by atoms with Crippen LogP contribution in [0.1, 0.15) is 43.5 Å². The quantitative estimate of drug-likeness (QED) is 0.767. The molecular formula is C13H15FO2. The molecule has 0 spiro atoms. The maximum absolute atomic E-state index is 13.1. The molecule has 0 fully saturated rings. The van der Waals surface area contributed by atoms with Gasteiger partial charge in [0.1, 0.15) is 17.2 Å². The Hall–Kier alpha value is -1.38. The van der Waals surface area contributed by atoms with Gasteiger partial charge >= 0.3 is 0 Å². The number of hydrogen-bond donors (Lipinski definition) is 0. The van der Waals surface area contributed by atoms with Crippen molar-refractivity contribution in [2.24, 2.45) is 0 Å². The lowest BCUT2D eigenvalue weighted by molar-refractivity contribution is 0.0463. The van der Waals surface area contributed by atoms with Gasteiger partial charge in [0.15, 0.2) is 5.78 Å². The van der Waals surface area contributed by atoms with Crippen molar-refractivity contribution in [2.75, 3.05) is 0 Å². The summed E-state index contributed by atoms with van der Waals surface area (Å²) in [5.41, 5.74) is 0.0158. The number of Topliss-reactive ketones (excluding diaryl/α,β-unsaturated/α-hetero) is 1. The molecule has 0 bridgehead atoms. The zero-order chi connectivity index (χ0) is 11.8. The van der Waals surface area contributed by atoms with E-state index in [1.807, 2.05) is 13.8 Å². The van der Waals surface area contributed by atoms with Crippen molar-refractivity contribution in [1.29, 1.82) is 0 Å². The first-order chi connectivity index (χ1) is 7.54. The van der Waals surface area contributed by atoms with E-state index in [9.17, 15) is 9.18 Å². The van der Waals surface area contributed by atoms with Crippen molar-refractivity contribution in [3.63, 3.8) is 0 Å². The predicted octanol–water partition coefficient (Wildman–Crippen LogP) is 3.35. The van der Waals surface area contributed by atoms with Crippen LogP contribution in [0.5, 0.6) is 5.75 Å². The highest BCUT2D eigenvalue weighted by molar-refractivity contribution is 6.00. The Kier molecular flexibility index (Phi) is 2.70. The van der Waals surface area contributed by atoms with Gasteiger partial charge in [0.2, 0.25) is 0 Å². The summed E-state index contributed by atoms with van der Waals surface area (Å²) < 4.78 is 18.8. The van der Waals surface area contributed by atoms with Crippen LogP contribution in [-0.4, -0.2) is 11.4 Å². The summed E-state index contributed by atoms with van der Waals surface area (Å²) >= 11 is 0. The van der Waals surface area contributed by atoms with Gasteiger partial charge in [0.05, 0.1) is 12.0 Å². The molecule has 1 unspecified atom stereocenters. The monoisotopic (exact) mass is 222 g/mol. The average molecular weight is 222 g/mol. The Balaban J connectivity index is 2.38. The Morgan fingerprint density at radius 1 is 1.50 bits per heavy atom. The van der Waals surface area contributed by atoms with Crippen LogP contribution in [0.3, 0.4) is 0 Å². The molecule has 1 aromatic carbocycles. The molecule has 1 heterocycles. The summed E-state index contributed by atoms with van der Waals surface area (Å²) in [5, 5.41) is 0. The smallest absolute Gasteiger partial charge is 0.170 e. The standard InChI is InChI=1S/C13H15FO2/c1-3-6-13(2)8-11(15)10-5-4-9(14)7-12(10)16-13/h4-5,7H,3,6,8H2,1-2H3. The molecular weight excluding hydrogens is 207 g/mol. The third-order valence-electron chi connectivity index (χ3n) is 2.91. The fourth-order valence-corrected chi connectivity index (χ4v) is 2.22. The molecule has 16 heavy (non-hydrogen) atoms. The molecule has 0 radical (unpaired) electrons. The summed E-state index contributed by atoms with van der Waals surface area (Å²) in [4.78, 5) is 11.9. The van der Waals surface area contributed by atoms with Crippen molar-refractivity contribution in [3.05, 3.63) is 29.6 Å². The number of ketones is 1. The number of halogens is 1. The van der Waals surface area contributed by atoms with E-state index in [0.29, 0.717) is 17.7 Å². The van der Waals surface area contributed by atoms with Gasteiger partial charge < -0.3 is 4.74 Å². The minimum Gasteiger partial charge on any atom is -0.486 e. The Morgan fingerprint density at radius 2 is 2.25 bits per heavy atom. The van der Waals surface area contributed by atoms with E-state index in [4.69, 9.17) is 4.74 Å². The van der Waals surface area contributed by atoms with Gasteiger partial charge in [-0.2, -0.15) is 0 Å². The average Bonchev–Trinajstić information content (AvgIpc) is 2.15. The molecule has 1 atom stereocenters. The van der Waals surface area contributed by atoms with E-state index in [2.05, 4.69) is 0 Å². The maximum atomic E-state index is 13.1. The van der Waals surface area contributed by atoms with Gasteiger partial charge in [-0.1, -0.05) is 13.3 Å². The van der Waals surface area contributed by atoms with E-state index >= 15 is 0 Å². The Morgan fingerprint density at radius 3 is 2.94 bits per heavy atom. The van der Waals surface area contributed by atoms with Crippen LogP contribution in [0.25, 0.3) is 0 Å². The zero-order valence-corrected chi connectivity index (χ0v) is 9.55. The highest BCUT2D eigenvalue weighted by Crippen LogP contribution is 2.35. The molecule has 0 N–H and O–H groups in total. The lowest BCUT2D eigenvalue weighted by atomic mass is 9.88. The van der Waals surface area contributed by atoms with Crippen LogP contribution >= 0.6 is 0 Å². The highest BCUT2D eigenvalue weighted by atomic mass is 19.1. The van der Waals surface area contributed by atoms with Gasteiger partial charge in [0, 0.05) is 6.07 Å². The fraction of sp³-hybridized carbons (Fsp3) is 0.462. The fourth-order valence-electron chi connectivity index (χ4n) is 2.22. The molecule has 0 saturated heterocycles. The molecule has 86 valence electrons. The van der Waals surface area contributed by atoms with Crippen molar-refractivity contribution in [2.45, 2.75) is 38.7 Å². The van der Waals surface area contributed by atoms with E-state index in [-0.39, 0.29) is 11.6 Å². The number of ether oxygens (including phenoxy) is 1. The second kappa shape index (κ2) is 3.89. The normalized spacial score (nSPS) is 23.8. The van der Waals surface area contributed by atoms with Crippen molar-refractivity contribution in [3.8, 4) is 5.75 Å². The molecule has 2 nitrogen and oxygen atoms in total. The summed E-state index contributed by atoms with van der Waals surface area (Å²) in [6.07, 6.45) is 2.11. The summed E-state index contributed by atoms with van der Waals surface area (Å²) in [6, 6.07) is 4.08. The highest BCUT2D eigenvalue weighted by Gasteiger charge is 2.35. The Labute approximate surface area is 94.4 Å². The number of carbonyl (C=O) groups is 1. The topological polar surface area (TPSA) is 26.3 Å². The molecule has 1 aromatic rings. The second-order valence-corrected chi connectivity index (χ2v) is 4.54. The van der Waals surface area contributed by atoms with Gasteiger partial charge in [0.25, 0.3) is 0 Å². The van der Waals surface area contributed by atoms with Crippen LogP contribution in [0.4, 0.5) is 4.39 Å². The van der Waals surface area contributed by atoms with E-state index in [1.165, 1.54) is 18.2 Å². The van der Waals surface area contributed by atoms with Crippen LogP contribution in [-0.2, 0) is 0 Å². The Bertz CT molecular complexity index is 428. The molecule has 3 heteroatoms. The molecule has 0 aromatic heterocycles. The number of carbonyl (C=O) groups excluding carboxylic acids is 1. The van der Waals surface area contributed by atoms with Crippen LogP contribution in [0.15, 0.2) is 18.2 Å². The van der Waals surface area contributed by atoms with E-state index < -0.39 is 5.60 Å². The number of rotatable bonds is 2. The first-order valence-electron chi connectivity index (χ1n) is 5.56. The summed E-state index contributed by atoms with van der Waals surface area (Å²) in [6.45, 7) is 3.95. The molecule has 0 aliphatic carbocycles. The second-order valence-electron chi connectivity index (χ2n) is 4.54. The summed E-state index contributed by atoms with van der Waals surface area (Å²) in [5.74, 6) is 0.0525. The number of benzene rings is 1. The first kappa shape index (κ1) is 11.1. The van der Waals surface area contributed by atoms with E-state index in [1.54, 1.807) is 0 Å². The molecule has 1 aliphatic rings. The minimum atomic E-state index is -0.480. The van der Waals surface area contributed by atoms with Crippen LogP contribution < -0.4 is 4.74 Å².